The van der Waals surface area contributed by atoms with E-state index in [0.29, 0.717) is 33.2 Å². The summed E-state index contributed by atoms with van der Waals surface area (Å²) in [6.45, 7) is 1.85. The molecule has 0 saturated heterocycles. The Morgan fingerprint density at radius 1 is 1.05 bits per heavy atom. The van der Waals surface area contributed by atoms with Crippen molar-refractivity contribution in [3.8, 4) is 33.1 Å². The van der Waals surface area contributed by atoms with Gasteiger partial charge in [-0.15, -0.1) is 11.3 Å². The monoisotopic (exact) mass is 536 g/mol. The Labute approximate surface area is 227 Å². The van der Waals surface area contributed by atoms with E-state index in [1.807, 2.05) is 56.6 Å². The zero-order valence-corrected chi connectivity index (χ0v) is 22.3. The molecule has 5 aromatic heterocycles. The summed E-state index contributed by atoms with van der Waals surface area (Å²) in [6, 6.07) is 13.5. The number of H-pyrrole nitrogens is 2. The highest BCUT2D eigenvalue weighted by molar-refractivity contribution is 7.17. The number of benzene rings is 1. The fourth-order valence-electron chi connectivity index (χ4n) is 4.42. The fourth-order valence-corrected chi connectivity index (χ4v) is 5.35. The second kappa shape index (κ2) is 9.86. The van der Waals surface area contributed by atoms with Crippen molar-refractivity contribution in [3.63, 3.8) is 0 Å². The second-order valence-electron chi connectivity index (χ2n) is 9.44. The van der Waals surface area contributed by atoms with E-state index in [-0.39, 0.29) is 18.2 Å². The number of fused-ring (bicyclic) bond motifs is 2. The van der Waals surface area contributed by atoms with Gasteiger partial charge < -0.3 is 15.2 Å². The lowest BCUT2D eigenvalue weighted by Gasteiger charge is -2.11. The van der Waals surface area contributed by atoms with Gasteiger partial charge in [-0.05, 0) is 63.0 Å². The van der Waals surface area contributed by atoms with E-state index in [1.165, 1.54) is 11.3 Å². The van der Waals surface area contributed by atoms with E-state index in [0.717, 1.165) is 32.5 Å². The van der Waals surface area contributed by atoms with E-state index >= 15 is 0 Å². The molecule has 0 fully saturated rings. The van der Waals surface area contributed by atoms with Gasteiger partial charge in [-0.3, -0.25) is 19.7 Å². The molecule has 0 unspecified atom stereocenters. The Morgan fingerprint density at radius 2 is 1.92 bits per heavy atom. The number of Topliss-reactive ketones (excluding diaryl/α,β-unsaturated/α-hetero) is 1. The molecule has 6 aromatic rings. The minimum absolute atomic E-state index is 0.0368. The predicted molar refractivity (Wildman–Crippen MR) is 153 cm³/mol. The summed E-state index contributed by atoms with van der Waals surface area (Å²) in [5.41, 5.74) is 6.18. The van der Waals surface area contributed by atoms with Gasteiger partial charge >= 0.3 is 0 Å². The Bertz CT molecular complexity index is 1870. The third-order valence-corrected chi connectivity index (χ3v) is 7.42. The normalized spacial score (nSPS) is 11.5. The zero-order chi connectivity index (χ0) is 27.1. The summed E-state index contributed by atoms with van der Waals surface area (Å²) in [5.74, 6) is 0.513. The molecule has 1 aromatic carbocycles. The number of hydrogen-bond acceptors (Lipinski definition) is 8. The molecule has 0 saturated carbocycles. The summed E-state index contributed by atoms with van der Waals surface area (Å²) in [4.78, 5) is 44.4. The highest BCUT2D eigenvalue weighted by atomic mass is 32.1. The largest absolute Gasteiger partial charge is 0.324 e. The molecular weight excluding hydrogens is 512 g/mol. The standard InChI is InChI=1S/C28H24N8O2S/c1-15(37)22-6-7-23(39-22)19-8-9-30-27-25(19)32-28(33-27)26-20-11-16(4-5-21(20)34-35-26)17-10-18(13-29-12-17)31-24(38)14-36(2)3/h4-13H,14H2,1-3H3,(H,31,38)(H,34,35)(H,30,32,33). The Hall–Kier alpha value is -4.74. The molecule has 0 aliphatic carbocycles. The van der Waals surface area contributed by atoms with E-state index in [2.05, 4.69) is 30.5 Å². The number of aromatic amines is 2. The molecule has 10 nitrogen and oxygen atoms in total. The van der Waals surface area contributed by atoms with Gasteiger partial charge in [-0.2, -0.15) is 5.10 Å². The van der Waals surface area contributed by atoms with Crippen LogP contribution in [0.1, 0.15) is 16.6 Å². The number of amides is 1. The van der Waals surface area contributed by atoms with Crippen LogP contribution in [-0.2, 0) is 4.79 Å². The van der Waals surface area contributed by atoms with Crippen molar-refractivity contribution in [1.82, 2.24) is 35.0 Å². The van der Waals surface area contributed by atoms with E-state index < -0.39 is 0 Å². The van der Waals surface area contributed by atoms with Crippen LogP contribution in [0, 0.1) is 0 Å². The van der Waals surface area contributed by atoms with Crippen LogP contribution in [0.5, 0.6) is 0 Å². The van der Waals surface area contributed by atoms with Crippen LogP contribution in [0.15, 0.2) is 61.1 Å². The average Bonchev–Trinajstić information content (AvgIpc) is 3.65. The molecule has 194 valence electrons. The molecule has 0 radical (unpaired) electrons. The number of rotatable bonds is 7. The van der Waals surface area contributed by atoms with Crippen molar-refractivity contribution in [1.29, 1.82) is 0 Å². The Balaban J connectivity index is 1.37. The summed E-state index contributed by atoms with van der Waals surface area (Å²) in [6.07, 6.45) is 5.12. The van der Waals surface area contributed by atoms with Crippen LogP contribution in [0.2, 0.25) is 0 Å². The van der Waals surface area contributed by atoms with Crippen LogP contribution < -0.4 is 5.32 Å². The quantitative estimate of drug-likeness (QED) is 0.245. The van der Waals surface area contributed by atoms with Crippen molar-refractivity contribution in [2.75, 3.05) is 26.0 Å². The molecule has 0 atom stereocenters. The number of carbonyl (C=O) groups is 2. The first-order valence-corrected chi connectivity index (χ1v) is 13.0. The van der Waals surface area contributed by atoms with Crippen molar-refractivity contribution in [2.45, 2.75) is 6.92 Å². The van der Waals surface area contributed by atoms with Crippen molar-refractivity contribution >= 4 is 50.8 Å². The molecular formula is C28H24N8O2S. The van der Waals surface area contributed by atoms with Crippen molar-refractivity contribution in [3.05, 3.63) is 65.9 Å². The van der Waals surface area contributed by atoms with Gasteiger partial charge in [0.25, 0.3) is 0 Å². The lowest BCUT2D eigenvalue weighted by atomic mass is 10.0. The molecule has 5 heterocycles. The van der Waals surface area contributed by atoms with Crippen LogP contribution in [0.25, 0.3) is 55.2 Å². The Morgan fingerprint density at radius 3 is 2.72 bits per heavy atom. The van der Waals surface area contributed by atoms with Gasteiger partial charge in [-0.1, -0.05) is 6.07 Å². The predicted octanol–water partition coefficient (Wildman–Crippen LogP) is 4.99. The van der Waals surface area contributed by atoms with Crippen molar-refractivity contribution < 1.29 is 9.59 Å². The second-order valence-corrected chi connectivity index (χ2v) is 10.5. The smallest absolute Gasteiger partial charge is 0.238 e. The average molecular weight is 537 g/mol. The number of imidazole rings is 1. The van der Waals surface area contributed by atoms with Crippen LogP contribution in [0.4, 0.5) is 5.69 Å². The first-order chi connectivity index (χ1) is 18.9. The number of likely N-dealkylation sites (N-methyl/N-ethyl adjacent to an activating group) is 1. The lowest BCUT2D eigenvalue weighted by Crippen LogP contribution is -2.27. The highest BCUT2D eigenvalue weighted by Crippen LogP contribution is 2.35. The topological polar surface area (TPSA) is 133 Å². The van der Waals surface area contributed by atoms with E-state index in [1.54, 1.807) is 30.4 Å². The molecule has 0 spiro atoms. The molecule has 11 heteroatoms. The summed E-state index contributed by atoms with van der Waals surface area (Å²) in [5, 5.41) is 11.4. The first kappa shape index (κ1) is 24.6. The molecule has 0 aliphatic heterocycles. The number of nitrogens with zero attached hydrogens (tertiary/aromatic N) is 5. The third-order valence-electron chi connectivity index (χ3n) is 6.21. The number of pyridine rings is 2. The van der Waals surface area contributed by atoms with Gasteiger partial charge in [0.1, 0.15) is 11.2 Å². The number of hydrogen-bond donors (Lipinski definition) is 3. The zero-order valence-electron chi connectivity index (χ0n) is 21.4. The van der Waals surface area contributed by atoms with Crippen LogP contribution in [-0.4, -0.2) is 67.4 Å². The minimum atomic E-state index is -0.107. The number of anilines is 1. The molecule has 3 N–H and O–H groups in total. The molecule has 0 bridgehead atoms. The highest BCUT2D eigenvalue weighted by Gasteiger charge is 2.18. The minimum Gasteiger partial charge on any atom is -0.324 e. The van der Waals surface area contributed by atoms with E-state index in [4.69, 9.17) is 4.98 Å². The summed E-state index contributed by atoms with van der Waals surface area (Å²) >= 11 is 1.44. The van der Waals surface area contributed by atoms with Crippen LogP contribution >= 0.6 is 11.3 Å². The maximum atomic E-state index is 12.2. The number of thiophene rings is 1. The van der Waals surface area contributed by atoms with Crippen molar-refractivity contribution in [2.24, 2.45) is 0 Å². The molecule has 6 rings (SSSR count). The van der Waals surface area contributed by atoms with Crippen LogP contribution in [0.3, 0.4) is 0 Å². The summed E-state index contributed by atoms with van der Waals surface area (Å²) < 4.78 is 0. The lowest BCUT2D eigenvalue weighted by molar-refractivity contribution is -0.116. The van der Waals surface area contributed by atoms with E-state index in [9.17, 15) is 9.59 Å². The molecule has 39 heavy (non-hydrogen) atoms. The maximum Gasteiger partial charge on any atom is 0.238 e. The number of aromatic nitrogens is 6. The van der Waals surface area contributed by atoms with Gasteiger partial charge in [0.2, 0.25) is 5.91 Å². The van der Waals surface area contributed by atoms with Gasteiger partial charge in [0.15, 0.2) is 17.3 Å². The van der Waals surface area contributed by atoms with Gasteiger partial charge in [-0.25, -0.2) is 9.97 Å². The third kappa shape index (κ3) is 4.80. The maximum absolute atomic E-state index is 12.2. The SMILES string of the molecule is CC(=O)c1ccc(-c2ccnc3[nH]c(-c4n[nH]c5ccc(-c6cncc(NC(=O)CN(C)C)c6)cc45)nc23)s1. The fraction of sp³-hybridized carbons (Fsp3) is 0.143. The van der Waals surface area contributed by atoms with Gasteiger partial charge in [0.05, 0.1) is 28.8 Å². The summed E-state index contributed by atoms with van der Waals surface area (Å²) in [7, 11) is 3.69. The van der Waals surface area contributed by atoms with Gasteiger partial charge in [0, 0.05) is 33.8 Å². The molecule has 0 aliphatic rings. The Kier molecular flexibility index (Phi) is 6.21. The first-order valence-electron chi connectivity index (χ1n) is 12.2. The number of carbonyl (C=O) groups excluding carboxylic acids is 2. The molecule has 1 amide bonds. The number of ketones is 1. The number of nitrogens with one attached hydrogen (secondary N) is 3.